The fourth-order valence-corrected chi connectivity index (χ4v) is 2.14. The maximum Gasteiger partial charge on any atom is 0.261 e. The molecular weight excluding hydrogens is 262 g/mol. The van der Waals surface area contributed by atoms with Gasteiger partial charge in [-0.25, -0.2) is 0 Å². The van der Waals surface area contributed by atoms with Crippen LogP contribution < -0.4 is 14.2 Å². The predicted molar refractivity (Wildman–Crippen MR) is 72.8 cm³/mol. The van der Waals surface area contributed by atoms with Gasteiger partial charge in [-0.3, -0.25) is 4.79 Å². The van der Waals surface area contributed by atoms with E-state index >= 15 is 0 Å². The van der Waals surface area contributed by atoms with Gasteiger partial charge in [-0.1, -0.05) is 0 Å². The second kappa shape index (κ2) is 6.47. The number of carbonyl (C=O) groups is 1. The minimum atomic E-state index is -0.121. The van der Waals surface area contributed by atoms with Crippen molar-refractivity contribution in [1.82, 2.24) is 4.90 Å². The van der Waals surface area contributed by atoms with E-state index in [1.807, 2.05) is 0 Å². The van der Waals surface area contributed by atoms with Crippen molar-refractivity contribution in [3.8, 4) is 17.2 Å². The molecule has 1 heterocycles. The monoisotopic (exact) mass is 281 g/mol. The first-order valence-electron chi connectivity index (χ1n) is 6.38. The van der Waals surface area contributed by atoms with Crippen LogP contribution in [0.4, 0.5) is 0 Å². The third kappa shape index (κ3) is 2.80. The van der Waals surface area contributed by atoms with Crippen molar-refractivity contribution in [2.24, 2.45) is 0 Å². The Bertz CT molecular complexity index is 457. The Morgan fingerprint density at radius 1 is 1.05 bits per heavy atom. The summed E-state index contributed by atoms with van der Waals surface area (Å²) in [6, 6.07) is 3.35. The molecule has 0 saturated carbocycles. The molecule has 0 radical (unpaired) electrons. The van der Waals surface area contributed by atoms with E-state index in [-0.39, 0.29) is 5.91 Å². The smallest absolute Gasteiger partial charge is 0.261 e. The molecule has 0 N–H and O–H groups in total. The zero-order valence-corrected chi connectivity index (χ0v) is 12.0. The Kier molecular flexibility index (Phi) is 4.68. The summed E-state index contributed by atoms with van der Waals surface area (Å²) in [4.78, 5) is 14.4. The number of benzene rings is 1. The van der Waals surface area contributed by atoms with Gasteiger partial charge in [-0.05, 0) is 0 Å². The van der Waals surface area contributed by atoms with Crippen LogP contribution in [0.25, 0.3) is 0 Å². The Morgan fingerprint density at radius 2 is 1.60 bits per heavy atom. The highest BCUT2D eigenvalue weighted by molar-refractivity contribution is 6.00. The van der Waals surface area contributed by atoms with Gasteiger partial charge in [-0.15, -0.1) is 0 Å². The lowest BCUT2D eigenvalue weighted by Crippen LogP contribution is -2.40. The highest BCUT2D eigenvalue weighted by atomic mass is 16.5. The summed E-state index contributed by atoms with van der Waals surface area (Å²) in [6.45, 7) is 2.23. The molecule has 1 fully saturated rings. The molecule has 0 aromatic heterocycles. The molecule has 0 unspecified atom stereocenters. The van der Waals surface area contributed by atoms with Crippen LogP contribution in [0.1, 0.15) is 10.4 Å². The lowest BCUT2D eigenvalue weighted by Gasteiger charge is -2.28. The Balaban J connectivity index is 2.39. The molecule has 6 nitrogen and oxygen atoms in total. The standard InChI is InChI=1S/C14H19NO5/c1-17-10-8-11(18-2)13(12(9-10)19-3)14(16)15-4-6-20-7-5-15/h8-9H,4-7H2,1-3H3. The van der Waals surface area contributed by atoms with E-state index in [1.165, 1.54) is 14.2 Å². The summed E-state index contributed by atoms with van der Waals surface area (Å²) >= 11 is 0. The first-order valence-corrected chi connectivity index (χ1v) is 6.38. The van der Waals surface area contributed by atoms with Crippen molar-refractivity contribution >= 4 is 5.91 Å². The van der Waals surface area contributed by atoms with Crippen molar-refractivity contribution in [3.05, 3.63) is 17.7 Å². The fourth-order valence-electron chi connectivity index (χ4n) is 2.14. The van der Waals surface area contributed by atoms with E-state index in [0.717, 1.165) is 0 Å². The van der Waals surface area contributed by atoms with Crippen LogP contribution in [-0.4, -0.2) is 58.4 Å². The molecule has 0 aliphatic carbocycles. The van der Waals surface area contributed by atoms with Gasteiger partial charge in [0.05, 0.1) is 34.5 Å². The van der Waals surface area contributed by atoms with Crippen LogP contribution >= 0.6 is 0 Å². The lowest BCUT2D eigenvalue weighted by molar-refractivity contribution is 0.0298. The van der Waals surface area contributed by atoms with Crippen LogP contribution in [-0.2, 0) is 4.74 Å². The fraction of sp³-hybridized carbons (Fsp3) is 0.500. The molecule has 1 aliphatic heterocycles. The topological polar surface area (TPSA) is 57.2 Å². The predicted octanol–water partition coefficient (Wildman–Crippen LogP) is 1.18. The highest BCUT2D eigenvalue weighted by Crippen LogP contribution is 2.35. The molecule has 1 saturated heterocycles. The molecule has 2 rings (SSSR count). The van der Waals surface area contributed by atoms with Crippen molar-refractivity contribution in [2.45, 2.75) is 0 Å². The summed E-state index contributed by atoms with van der Waals surface area (Å²) in [5, 5.41) is 0. The molecule has 0 spiro atoms. The maximum atomic E-state index is 12.6. The summed E-state index contributed by atoms with van der Waals surface area (Å²) < 4.78 is 21.0. The van der Waals surface area contributed by atoms with Crippen molar-refractivity contribution < 1.29 is 23.7 Å². The van der Waals surface area contributed by atoms with Crippen molar-refractivity contribution in [2.75, 3.05) is 47.6 Å². The van der Waals surface area contributed by atoms with Gasteiger partial charge >= 0.3 is 0 Å². The number of rotatable bonds is 4. The van der Waals surface area contributed by atoms with Gasteiger partial charge in [0.1, 0.15) is 22.8 Å². The average molecular weight is 281 g/mol. The second-order valence-corrected chi connectivity index (χ2v) is 4.31. The van der Waals surface area contributed by atoms with Crippen LogP contribution in [0.2, 0.25) is 0 Å². The molecule has 0 atom stereocenters. The number of hydrogen-bond acceptors (Lipinski definition) is 5. The molecule has 1 aliphatic rings. The molecule has 110 valence electrons. The minimum absolute atomic E-state index is 0.121. The van der Waals surface area contributed by atoms with Gasteiger partial charge < -0.3 is 23.8 Å². The average Bonchev–Trinajstić information content (AvgIpc) is 2.53. The van der Waals surface area contributed by atoms with Crippen LogP contribution in [0.3, 0.4) is 0 Å². The van der Waals surface area contributed by atoms with E-state index in [1.54, 1.807) is 24.1 Å². The maximum absolute atomic E-state index is 12.6. The van der Waals surface area contributed by atoms with E-state index < -0.39 is 0 Å². The number of ether oxygens (including phenoxy) is 4. The summed E-state index contributed by atoms with van der Waals surface area (Å²) in [5.41, 5.74) is 0.415. The van der Waals surface area contributed by atoms with Gasteiger partial charge in [0.25, 0.3) is 5.91 Å². The number of morpholine rings is 1. The number of amides is 1. The number of methoxy groups -OCH3 is 3. The van der Waals surface area contributed by atoms with E-state index in [2.05, 4.69) is 0 Å². The third-order valence-electron chi connectivity index (χ3n) is 3.23. The summed E-state index contributed by atoms with van der Waals surface area (Å²) in [7, 11) is 4.59. The Labute approximate surface area is 118 Å². The SMILES string of the molecule is COc1cc(OC)c(C(=O)N2CCOCC2)c(OC)c1. The first-order chi connectivity index (χ1) is 9.71. The molecule has 1 amide bonds. The quantitative estimate of drug-likeness (QED) is 0.829. The molecular formula is C14H19NO5. The zero-order valence-electron chi connectivity index (χ0n) is 12.0. The molecule has 20 heavy (non-hydrogen) atoms. The minimum Gasteiger partial charge on any atom is -0.496 e. The molecule has 6 heteroatoms. The zero-order chi connectivity index (χ0) is 14.5. The number of hydrogen-bond donors (Lipinski definition) is 0. The van der Waals surface area contributed by atoms with E-state index in [9.17, 15) is 4.79 Å². The Hall–Kier alpha value is -1.95. The first kappa shape index (κ1) is 14.5. The van der Waals surface area contributed by atoms with Gasteiger partial charge in [0, 0.05) is 25.2 Å². The third-order valence-corrected chi connectivity index (χ3v) is 3.23. The Morgan fingerprint density at radius 3 is 2.05 bits per heavy atom. The number of nitrogens with zero attached hydrogens (tertiary/aromatic N) is 1. The number of carbonyl (C=O) groups excluding carboxylic acids is 1. The van der Waals surface area contributed by atoms with Crippen LogP contribution in [0.15, 0.2) is 12.1 Å². The van der Waals surface area contributed by atoms with Crippen molar-refractivity contribution in [3.63, 3.8) is 0 Å². The molecule has 1 aromatic carbocycles. The largest absolute Gasteiger partial charge is 0.496 e. The molecule has 1 aromatic rings. The summed E-state index contributed by atoms with van der Waals surface area (Å²) in [5.74, 6) is 1.34. The highest BCUT2D eigenvalue weighted by Gasteiger charge is 2.26. The van der Waals surface area contributed by atoms with Crippen LogP contribution in [0, 0.1) is 0 Å². The van der Waals surface area contributed by atoms with Crippen LogP contribution in [0.5, 0.6) is 17.2 Å². The normalized spacial score (nSPS) is 14.8. The lowest BCUT2D eigenvalue weighted by atomic mass is 10.1. The van der Waals surface area contributed by atoms with E-state index in [0.29, 0.717) is 49.1 Å². The van der Waals surface area contributed by atoms with Gasteiger partial charge in [0.15, 0.2) is 0 Å². The molecule has 0 bridgehead atoms. The van der Waals surface area contributed by atoms with Gasteiger partial charge in [-0.2, -0.15) is 0 Å². The van der Waals surface area contributed by atoms with E-state index in [4.69, 9.17) is 18.9 Å². The van der Waals surface area contributed by atoms with Crippen molar-refractivity contribution in [1.29, 1.82) is 0 Å². The second-order valence-electron chi connectivity index (χ2n) is 4.31. The van der Waals surface area contributed by atoms with Gasteiger partial charge in [0.2, 0.25) is 0 Å². The summed E-state index contributed by atoms with van der Waals surface area (Å²) in [6.07, 6.45) is 0.